The first-order chi connectivity index (χ1) is 10.2. The van der Waals surface area contributed by atoms with Crippen LogP contribution in [0.4, 0.5) is 0 Å². The summed E-state index contributed by atoms with van der Waals surface area (Å²) < 4.78 is 0. The van der Waals surface area contributed by atoms with E-state index in [-0.39, 0.29) is 0 Å². The fourth-order valence-corrected chi connectivity index (χ4v) is 6.60. The minimum atomic E-state index is -1.34. The molecule has 0 atom stereocenters. The fraction of sp³-hybridized carbons (Fsp3) is 0.300. The maximum atomic E-state index is 2.48. The molecule has 0 N–H and O–H groups in total. The van der Waals surface area contributed by atoms with Crippen LogP contribution in [-0.2, 0) is 0 Å². The van der Waals surface area contributed by atoms with Crippen molar-refractivity contribution in [3.63, 3.8) is 0 Å². The van der Waals surface area contributed by atoms with Crippen LogP contribution in [0.15, 0.2) is 48.5 Å². The van der Waals surface area contributed by atoms with Crippen LogP contribution >= 0.6 is 0 Å². The Balaban J connectivity index is 2.45. The topological polar surface area (TPSA) is 0 Å². The Morgan fingerprint density at radius 3 is 1.32 bits per heavy atom. The quantitative estimate of drug-likeness (QED) is 0.456. The van der Waals surface area contributed by atoms with E-state index in [1.54, 1.807) is 10.4 Å². The third-order valence-corrected chi connectivity index (χ3v) is 8.60. The third kappa shape index (κ3) is 2.66. The number of hydrogen-bond donors (Lipinski definition) is 0. The monoisotopic (exact) mass is 322 g/mol. The zero-order valence-corrected chi connectivity index (χ0v) is 16.6. The number of rotatable bonds is 2. The molecule has 0 aliphatic rings. The lowest BCUT2D eigenvalue weighted by atomic mass is 10.0. The summed E-state index contributed by atoms with van der Waals surface area (Å²) in [7, 11) is -2.67. The fourth-order valence-electron chi connectivity index (χ4n) is 3.36. The van der Waals surface area contributed by atoms with E-state index in [0.717, 1.165) is 0 Å². The third-order valence-electron chi connectivity index (χ3n) is 4.50. The second kappa shape index (κ2) is 5.07. The van der Waals surface area contributed by atoms with Gasteiger partial charge < -0.3 is 0 Å². The number of hydrogen-bond acceptors (Lipinski definition) is 0. The van der Waals surface area contributed by atoms with E-state index >= 15 is 0 Å². The van der Waals surface area contributed by atoms with E-state index in [4.69, 9.17) is 0 Å². The van der Waals surface area contributed by atoms with E-state index < -0.39 is 16.1 Å². The van der Waals surface area contributed by atoms with Gasteiger partial charge in [-0.15, -0.1) is 0 Å². The van der Waals surface area contributed by atoms with Gasteiger partial charge >= 0.3 is 0 Å². The Bertz CT molecular complexity index is 780. The second-order valence-electron chi connectivity index (χ2n) is 8.41. The van der Waals surface area contributed by atoms with Gasteiger partial charge in [0.05, 0.1) is 16.1 Å². The van der Waals surface area contributed by atoms with Crippen molar-refractivity contribution in [1.82, 2.24) is 0 Å². The zero-order valence-electron chi connectivity index (χ0n) is 14.6. The Kier molecular flexibility index (Phi) is 3.57. The summed E-state index contributed by atoms with van der Waals surface area (Å²) in [5.41, 5.74) is 0. The highest BCUT2D eigenvalue weighted by atomic mass is 28.3. The highest BCUT2D eigenvalue weighted by molar-refractivity contribution is 6.91. The maximum Gasteiger partial charge on any atom is 0.0784 e. The first-order valence-electron chi connectivity index (χ1n) is 8.14. The molecular formula is C20H26Si2. The first kappa shape index (κ1) is 15.5. The van der Waals surface area contributed by atoms with E-state index in [1.165, 1.54) is 21.5 Å². The van der Waals surface area contributed by atoms with Gasteiger partial charge in [-0.05, 0) is 33.7 Å². The summed E-state index contributed by atoms with van der Waals surface area (Å²) in [5, 5.41) is 8.88. The number of fused-ring (bicyclic) bond motifs is 2. The average Bonchev–Trinajstić information content (AvgIpc) is 2.41. The molecule has 0 heterocycles. The van der Waals surface area contributed by atoms with E-state index in [9.17, 15) is 0 Å². The van der Waals surface area contributed by atoms with Crippen molar-refractivity contribution in [1.29, 1.82) is 0 Å². The molecular weight excluding hydrogens is 296 g/mol. The standard InChI is InChI=1S/C20H26Si2/c1-21(2,3)19-11-7-9-15-13-16-10-8-12-20(22(4,5)6)18(16)14-17(15)19/h7-14H,1-6H3. The molecule has 0 aliphatic heterocycles. The molecule has 0 radical (unpaired) electrons. The van der Waals surface area contributed by atoms with Gasteiger partial charge in [0.25, 0.3) is 0 Å². The zero-order chi connectivity index (χ0) is 16.1. The Morgan fingerprint density at radius 1 is 0.545 bits per heavy atom. The Morgan fingerprint density at radius 2 is 0.955 bits per heavy atom. The minimum Gasteiger partial charge on any atom is -0.0656 e. The van der Waals surface area contributed by atoms with Crippen molar-refractivity contribution in [2.45, 2.75) is 39.3 Å². The van der Waals surface area contributed by atoms with Gasteiger partial charge in [0.2, 0.25) is 0 Å². The molecule has 0 aliphatic carbocycles. The van der Waals surface area contributed by atoms with Crippen LogP contribution in [0.5, 0.6) is 0 Å². The van der Waals surface area contributed by atoms with E-state index in [1.807, 2.05) is 0 Å². The van der Waals surface area contributed by atoms with E-state index in [0.29, 0.717) is 0 Å². The van der Waals surface area contributed by atoms with Crippen molar-refractivity contribution < 1.29 is 0 Å². The molecule has 0 unspecified atom stereocenters. The van der Waals surface area contributed by atoms with Gasteiger partial charge in [0, 0.05) is 0 Å². The molecule has 114 valence electrons. The molecule has 0 fully saturated rings. The van der Waals surface area contributed by atoms with Crippen LogP contribution < -0.4 is 10.4 Å². The molecule has 2 heteroatoms. The van der Waals surface area contributed by atoms with Gasteiger partial charge in [-0.2, -0.15) is 0 Å². The SMILES string of the molecule is C[Si](C)(C)c1cccc2cc3cccc([Si](C)(C)C)c3cc12. The lowest BCUT2D eigenvalue weighted by molar-refractivity contribution is 1.71. The van der Waals surface area contributed by atoms with Crippen LogP contribution in [0.25, 0.3) is 21.5 Å². The molecule has 3 rings (SSSR count). The summed E-state index contributed by atoms with van der Waals surface area (Å²) in [6, 6.07) is 18.5. The van der Waals surface area contributed by atoms with Crippen LogP contribution in [0.1, 0.15) is 0 Å². The summed E-state index contributed by atoms with van der Waals surface area (Å²) >= 11 is 0. The molecule has 0 amide bonds. The Labute approximate surface area is 136 Å². The molecule has 0 nitrogen and oxygen atoms in total. The van der Waals surface area contributed by atoms with Crippen molar-refractivity contribution in [2.75, 3.05) is 0 Å². The van der Waals surface area contributed by atoms with Crippen LogP contribution in [0.3, 0.4) is 0 Å². The smallest absolute Gasteiger partial charge is 0.0656 e. The van der Waals surface area contributed by atoms with Gasteiger partial charge in [-0.3, -0.25) is 0 Å². The summed E-state index contributed by atoms with van der Waals surface area (Å²) in [6.45, 7) is 14.6. The summed E-state index contributed by atoms with van der Waals surface area (Å²) in [6.07, 6.45) is 0. The van der Waals surface area contributed by atoms with Crippen LogP contribution in [0.2, 0.25) is 39.3 Å². The highest BCUT2D eigenvalue weighted by Crippen LogP contribution is 2.24. The lowest BCUT2D eigenvalue weighted by Crippen LogP contribution is -2.39. The summed E-state index contributed by atoms with van der Waals surface area (Å²) in [4.78, 5) is 0. The van der Waals surface area contributed by atoms with Crippen molar-refractivity contribution in [3.05, 3.63) is 48.5 Å². The molecule has 22 heavy (non-hydrogen) atoms. The molecule has 0 bridgehead atoms. The predicted molar refractivity (Wildman–Crippen MR) is 107 cm³/mol. The Hall–Kier alpha value is -1.39. The molecule has 0 spiro atoms. The van der Waals surface area contributed by atoms with Crippen LogP contribution in [-0.4, -0.2) is 16.1 Å². The first-order valence-corrected chi connectivity index (χ1v) is 15.1. The van der Waals surface area contributed by atoms with Crippen molar-refractivity contribution >= 4 is 48.1 Å². The van der Waals surface area contributed by atoms with Crippen molar-refractivity contribution in [2.24, 2.45) is 0 Å². The molecule has 3 aromatic rings. The lowest BCUT2D eigenvalue weighted by Gasteiger charge is -2.22. The number of benzene rings is 3. The maximum absolute atomic E-state index is 2.48. The summed E-state index contributed by atoms with van der Waals surface area (Å²) in [5.74, 6) is 0. The van der Waals surface area contributed by atoms with Crippen LogP contribution in [0, 0.1) is 0 Å². The van der Waals surface area contributed by atoms with E-state index in [2.05, 4.69) is 87.8 Å². The van der Waals surface area contributed by atoms with Gasteiger partial charge in [0.15, 0.2) is 0 Å². The molecule has 3 aromatic carbocycles. The highest BCUT2D eigenvalue weighted by Gasteiger charge is 2.22. The average molecular weight is 323 g/mol. The molecule has 0 aromatic heterocycles. The molecule has 0 saturated carbocycles. The second-order valence-corrected chi connectivity index (χ2v) is 18.5. The minimum absolute atomic E-state index is 1.34. The van der Waals surface area contributed by atoms with Crippen molar-refractivity contribution in [3.8, 4) is 0 Å². The van der Waals surface area contributed by atoms with Gasteiger partial charge in [-0.1, -0.05) is 86.1 Å². The molecule has 0 saturated heterocycles. The normalized spacial score (nSPS) is 13.0. The van der Waals surface area contributed by atoms with Gasteiger partial charge in [-0.25, -0.2) is 0 Å². The largest absolute Gasteiger partial charge is 0.0784 e. The predicted octanol–water partition coefficient (Wildman–Crippen LogP) is 5.08. The van der Waals surface area contributed by atoms with Gasteiger partial charge in [0.1, 0.15) is 0 Å².